The maximum atomic E-state index is 13.8. The second-order valence-electron chi connectivity index (χ2n) is 5.75. The van der Waals surface area contributed by atoms with Crippen LogP contribution >= 0.6 is 0 Å². The molecular formula is C16H20F2O. The highest BCUT2D eigenvalue weighted by Crippen LogP contribution is 2.31. The minimum Gasteiger partial charge on any atom is -0.300 e. The molecule has 1 aliphatic rings. The second-order valence-corrected chi connectivity index (χ2v) is 5.75. The molecule has 0 spiro atoms. The molecule has 1 atom stereocenters. The maximum absolute atomic E-state index is 13.8. The predicted octanol–water partition coefficient (Wildman–Crippen LogP) is 4.21. The molecular weight excluding hydrogens is 246 g/mol. The van der Waals surface area contributed by atoms with Crippen molar-refractivity contribution in [2.45, 2.75) is 46.0 Å². The molecule has 0 bridgehead atoms. The molecule has 3 heteroatoms. The van der Waals surface area contributed by atoms with Gasteiger partial charge in [-0.15, -0.1) is 0 Å². The predicted molar refractivity (Wildman–Crippen MR) is 70.9 cm³/mol. The summed E-state index contributed by atoms with van der Waals surface area (Å²) < 4.78 is 27.3. The van der Waals surface area contributed by atoms with Crippen molar-refractivity contribution in [2.24, 2.45) is 11.8 Å². The number of hydrogen-bond donors (Lipinski definition) is 0. The lowest BCUT2D eigenvalue weighted by atomic mass is 9.78. The van der Waals surface area contributed by atoms with Crippen LogP contribution in [0, 0.1) is 30.4 Å². The summed E-state index contributed by atoms with van der Waals surface area (Å²) in [6, 6.07) is 2.58. The van der Waals surface area contributed by atoms with Crippen molar-refractivity contribution in [2.75, 3.05) is 0 Å². The van der Waals surface area contributed by atoms with Gasteiger partial charge in [-0.05, 0) is 61.3 Å². The molecule has 0 aliphatic heterocycles. The van der Waals surface area contributed by atoms with Crippen molar-refractivity contribution >= 4 is 5.78 Å². The number of hydrogen-bond acceptors (Lipinski definition) is 1. The first-order valence-electron chi connectivity index (χ1n) is 6.93. The topological polar surface area (TPSA) is 17.1 Å². The van der Waals surface area contributed by atoms with Crippen molar-refractivity contribution in [1.82, 2.24) is 0 Å². The molecule has 0 radical (unpaired) electrons. The molecule has 1 aromatic rings. The number of rotatable bonds is 3. The molecule has 0 heterocycles. The van der Waals surface area contributed by atoms with Gasteiger partial charge >= 0.3 is 0 Å². The lowest BCUT2D eigenvalue weighted by Crippen LogP contribution is -2.21. The zero-order chi connectivity index (χ0) is 14.0. The Morgan fingerprint density at radius 2 is 1.84 bits per heavy atom. The molecule has 1 unspecified atom stereocenters. The van der Waals surface area contributed by atoms with Crippen molar-refractivity contribution in [3.8, 4) is 0 Å². The van der Waals surface area contributed by atoms with Crippen LogP contribution in [0.1, 0.15) is 43.7 Å². The number of Topliss-reactive ketones (excluding diaryl/α,β-unsaturated/α-hetero) is 1. The third-order valence-electron chi connectivity index (χ3n) is 4.26. The van der Waals surface area contributed by atoms with Crippen LogP contribution in [0.4, 0.5) is 8.78 Å². The van der Waals surface area contributed by atoms with Crippen molar-refractivity contribution < 1.29 is 13.6 Å². The highest BCUT2D eigenvalue weighted by Gasteiger charge is 2.24. The number of carbonyl (C=O) groups excluding carboxylic acids is 1. The van der Waals surface area contributed by atoms with Gasteiger partial charge in [-0.25, -0.2) is 8.78 Å². The Morgan fingerprint density at radius 3 is 2.47 bits per heavy atom. The standard InChI is InChI=1S/C16H20F2O/c1-10(12-3-5-14(19)6-4-12)7-13-9-15(17)11(2)8-16(13)18/h8-10,12H,3-7H2,1-2H3. The third-order valence-corrected chi connectivity index (χ3v) is 4.26. The van der Waals surface area contributed by atoms with Crippen LogP contribution in [0.3, 0.4) is 0 Å². The van der Waals surface area contributed by atoms with Gasteiger partial charge in [0.1, 0.15) is 17.4 Å². The van der Waals surface area contributed by atoms with E-state index in [1.165, 1.54) is 12.1 Å². The summed E-state index contributed by atoms with van der Waals surface area (Å²) in [4.78, 5) is 11.2. The highest BCUT2D eigenvalue weighted by molar-refractivity contribution is 5.79. The maximum Gasteiger partial charge on any atom is 0.132 e. The molecule has 0 aromatic heterocycles. The fourth-order valence-electron chi connectivity index (χ4n) is 2.89. The summed E-state index contributed by atoms with van der Waals surface area (Å²) in [7, 11) is 0. The van der Waals surface area contributed by atoms with Gasteiger partial charge < -0.3 is 0 Å². The molecule has 19 heavy (non-hydrogen) atoms. The minimum atomic E-state index is -0.345. The number of carbonyl (C=O) groups is 1. The average Bonchev–Trinajstić information content (AvgIpc) is 2.36. The van der Waals surface area contributed by atoms with Gasteiger partial charge in [-0.1, -0.05) is 6.92 Å². The smallest absolute Gasteiger partial charge is 0.132 e. The summed E-state index contributed by atoms with van der Waals surface area (Å²) >= 11 is 0. The molecule has 1 aromatic carbocycles. The zero-order valence-electron chi connectivity index (χ0n) is 11.5. The first kappa shape index (κ1) is 14.2. The number of ketones is 1. The van der Waals surface area contributed by atoms with E-state index in [0.29, 0.717) is 42.1 Å². The van der Waals surface area contributed by atoms with E-state index in [0.717, 1.165) is 12.8 Å². The molecule has 0 amide bonds. The summed E-state index contributed by atoms with van der Waals surface area (Å²) in [5, 5.41) is 0. The van der Waals surface area contributed by atoms with Crippen molar-refractivity contribution in [3.05, 3.63) is 34.9 Å². The minimum absolute atomic E-state index is 0.282. The molecule has 2 rings (SSSR count). The van der Waals surface area contributed by atoms with Gasteiger partial charge in [0.15, 0.2) is 0 Å². The fraction of sp³-hybridized carbons (Fsp3) is 0.562. The van der Waals surface area contributed by atoms with E-state index in [1.807, 2.05) is 0 Å². The average molecular weight is 266 g/mol. The highest BCUT2D eigenvalue weighted by atomic mass is 19.1. The van der Waals surface area contributed by atoms with Crippen LogP contribution in [0.2, 0.25) is 0 Å². The fourth-order valence-corrected chi connectivity index (χ4v) is 2.89. The lowest BCUT2D eigenvalue weighted by Gasteiger charge is -2.27. The Hall–Kier alpha value is -1.25. The van der Waals surface area contributed by atoms with Crippen LogP contribution in [0.25, 0.3) is 0 Å². The Kier molecular flexibility index (Phi) is 4.33. The zero-order valence-corrected chi connectivity index (χ0v) is 11.5. The van der Waals surface area contributed by atoms with Crippen molar-refractivity contribution in [3.63, 3.8) is 0 Å². The molecule has 0 N–H and O–H groups in total. The Labute approximate surface area is 113 Å². The molecule has 1 nitrogen and oxygen atoms in total. The number of aryl methyl sites for hydroxylation is 1. The third kappa shape index (κ3) is 3.40. The summed E-state index contributed by atoms with van der Waals surface area (Å²) in [6.45, 7) is 3.63. The van der Waals surface area contributed by atoms with Crippen LogP contribution in [0.15, 0.2) is 12.1 Å². The van der Waals surface area contributed by atoms with E-state index >= 15 is 0 Å². The Morgan fingerprint density at radius 1 is 1.21 bits per heavy atom. The summed E-state index contributed by atoms with van der Waals surface area (Å²) in [5.41, 5.74) is 0.796. The van der Waals surface area contributed by atoms with Crippen LogP contribution < -0.4 is 0 Å². The monoisotopic (exact) mass is 266 g/mol. The molecule has 1 aliphatic carbocycles. The molecule has 1 fully saturated rings. The number of halogens is 2. The van der Waals surface area contributed by atoms with Crippen LogP contribution in [0.5, 0.6) is 0 Å². The van der Waals surface area contributed by atoms with Gasteiger partial charge in [-0.2, -0.15) is 0 Å². The van der Waals surface area contributed by atoms with Gasteiger partial charge in [0.2, 0.25) is 0 Å². The normalized spacial score (nSPS) is 18.6. The largest absolute Gasteiger partial charge is 0.300 e. The molecule has 104 valence electrons. The SMILES string of the molecule is Cc1cc(F)c(CC(C)C2CCC(=O)CC2)cc1F. The van der Waals surface area contributed by atoms with E-state index in [-0.39, 0.29) is 17.6 Å². The van der Waals surface area contributed by atoms with E-state index in [9.17, 15) is 13.6 Å². The number of benzene rings is 1. The van der Waals surface area contributed by atoms with E-state index in [4.69, 9.17) is 0 Å². The Bertz CT molecular complexity index is 472. The van der Waals surface area contributed by atoms with Crippen molar-refractivity contribution in [1.29, 1.82) is 0 Å². The Balaban J connectivity index is 2.04. The van der Waals surface area contributed by atoms with Gasteiger partial charge in [0, 0.05) is 12.8 Å². The van der Waals surface area contributed by atoms with Gasteiger partial charge in [-0.3, -0.25) is 4.79 Å². The van der Waals surface area contributed by atoms with E-state index < -0.39 is 0 Å². The first-order chi connectivity index (χ1) is 8.97. The van der Waals surface area contributed by atoms with Gasteiger partial charge in [0.25, 0.3) is 0 Å². The molecule has 0 saturated heterocycles. The lowest BCUT2D eigenvalue weighted by molar-refractivity contribution is -0.121. The summed E-state index contributed by atoms with van der Waals surface area (Å²) in [5.74, 6) is 0.391. The van der Waals surface area contributed by atoms with Crippen LogP contribution in [-0.2, 0) is 11.2 Å². The second kappa shape index (κ2) is 5.81. The van der Waals surface area contributed by atoms with E-state index in [2.05, 4.69) is 6.92 Å². The quantitative estimate of drug-likeness (QED) is 0.801. The summed E-state index contributed by atoms with van der Waals surface area (Å²) in [6.07, 6.45) is 3.59. The van der Waals surface area contributed by atoms with Crippen LogP contribution in [-0.4, -0.2) is 5.78 Å². The van der Waals surface area contributed by atoms with E-state index in [1.54, 1.807) is 6.92 Å². The first-order valence-corrected chi connectivity index (χ1v) is 6.93. The molecule has 1 saturated carbocycles. The van der Waals surface area contributed by atoms with Gasteiger partial charge in [0.05, 0.1) is 0 Å².